The Labute approximate surface area is 168 Å². The summed E-state index contributed by atoms with van der Waals surface area (Å²) in [6, 6.07) is 11.2. The van der Waals surface area contributed by atoms with Crippen LogP contribution in [-0.4, -0.2) is 33.3 Å². The number of amides is 3. The first-order chi connectivity index (χ1) is 14.0. The van der Waals surface area contributed by atoms with Crippen LogP contribution in [0.1, 0.15) is 18.5 Å². The van der Waals surface area contributed by atoms with Gasteiger partial charge >= 0.3 is 6.03 Å². The van der Waals surface area contributed by atoms with Gasteiger partial charge in [0.05, 0.1) is 38.6 Å². The molecule has 0 spiro atoms. The van der Waals surface area contributed by atoms with Gasteiger partial charge in [-0.25, -0.2) is 4.79 Å². The predicted octanol–water partition coefficient (Wildman–Crippen LogP) is 2.98. The standard InChI is InChI=1S/C21H23N3O5/c1-12-18(20(25)23-15-7-5-6-8-16(15)28-3)19(24-21(26)22-12)14-10-9-13(27-2)11-17(14)29-4/h5-11,19H,1-4H3,(H,23,25)(H2,22,24,26)/t19-/m0/s1. The van der Waals surface area contributed by atoms with Crippen LogP contribution in [0.2, 0.25) is 0 Å². The van der Waals surface area contributed by atoms with Crippen molar-refractivity contribution in [3.05, 3.63) is 59.3 Å². The lowest BCUT2D eigenvalue weighted by Gasteiger charge is -2.29. The molecule has 8 nitrogen and oxygen atoms in total. The molecule has 2 aromatic carbocycles. The summed E-state index contributed by atoms with van der Waals surface area (Å²) >= 11 is 0. The van der Waals surface area contributed by atoms with E-state index in [-0.39, 0.29) is 5.91 Å². The summed E-state index contributed by atoms with van der Waals surface area (Å²) in [5, 5.41) is 8.31. The molecule has 3 amide bonds. The monoisotopic (exact) mass is 397 g/mol. The third-order valence-corrected chi connectivity index (χ3v) is 4.62. The van der Waals surface area contributed by atoms with E-state index in [0.29, 0.717) is 39.8 Å². The third kappa shape index (κ3) is 4.11. The number of rotatable bonds is 6. The molecule has 8 heteroatoms. The number of ether oxygens (including phenoxy) is 3. The number of allylic oxidation sites excluding steroid dienone is 1. The highest BCUT2D eigenvalue weighted by molar-refractivity contribution is 6.07. The van der Waals surface area contributed by atoms with Crippen LogP contribution in [0, 0.1) is 0 Å². The Morgan fingerprint density at radius 1 is 1.00 bits per heavy atom. The summed E-state index contributed by atoms with van der Waals surface area (Å²) in [7, 11) is 4.60. The van der Waals surface area contributed by atoms with Gasteiger partial charge in [-0.2, -0.15) is 0 Å². The maximum atomic E-state index is 13.2. The molecular formula is C21H23N3O5. The van der Waals surface area contributed by atoms with Crippen LogP contribution in [0.3, 0.4) is 0 Å². The molecule has 29 heavy (non-hydrogen) atoms. The largest absolute Gasteiger partial charge is 0.497 e. The van der Waals surface area contributed by atoms with Gasteiger partial charge in [0.15, 0.2) is 0 Å². The van der Waals surface area contributed by atoms with Gasteiger partial charge in [-0.15, -0.1) is 0 Å². The number of hydrogen-bond acceptors (Lipinski definition) is 5. The zero-order valence-corrected chi connectivity index (χ0v) is 16.7. The fourth-order valence-electron chi connectivity index (χ4n) is 3.22. The van der Waals surface area contributed by atoms with Crippen LogP contribution in [0.25, 0.3) is 0 Å². The molecule has 0 aliphatic carbocycles. The SMILES string of the molecule is COc1ccc([C@@H]2NC(=O)NC(C)=C2C(=O)Nc2ccccc2OC)c(OC)c1. The number of urea groups is 1. The number of nitrogens with one attached hydrogen (secondary N) is 3. The minimum atomic E-state index is -0.709. The molecule has 2 aromatic rings. The second kappa shape index (κ2) is 8.55. The molecule has 0 saturated heterocycles. The zero-order valence-electron chi connectivity index (χ0n) is 16.7. The van der Waals surface area contributed by atoms with Crippen LogP contribution in [0.15, 0.2) is 53.7 Å². The third-order valence-electron chi connectivity index (χ3n) is 4.62. The summed E-state index contributed by atoms with van der Waals surface area (Å²) < 4.78 is 16.0. The van der Waals surface area contributed by atoms with E-state index in [2.05, 4.69) is 16.0 Å². The van der Waals surface area contributed by atoms with Gasteiger partial charge in [0, 0.05) is 17.3 Å². The van der Waals surface area contributed by atoms with Crippen molar-refractivity contribution in [2.75, 3.05) is 26.6 Å². The molecule has 152 valence electrons. The van der Waals surface area contributed by atoms with Crippen molar-refractivity contribution in [2.45, 2.75) is 13.0 Å². The minimum Gasteiger partial charge on any atom is -0.497 e. The first-order valence-electron chi connectivity index (χ1n) is 8.93. The van der Waals surface area contributed by atoms with Crippen molar-refractivity contribution in [2.24, 2.45) is 0 Å². The van der Waals surface area contributed by atoms with Gasteiger partial charge in [-0.3, -0.25) is 4.79 Å². The van der Waals surface area contributed by atoms with Crippen molar-refractivity contribution in [1.82, 2.24) is 10.6 Å². The van der Waals surface area contributed by atoms with E-state index in [0.717, 1.165) is 0 Å². The molecule has 1 atom stereocenters. The Kier molecular flexibility index (Phi) is 5.92. The number of carbonyl (C=O) groups is 2. The molecule has 0 aromatic heterocycles. The normalized spacial score (nSPS) is 15.9. The molecule has 0 radical (unpaired) electrons. The van der Waals surface area contributed by atoms with Crippen LogP contribution in [-0.2, 0) is 4.79 Å². The first-order valence-corrected chi connectivity index (χ1v) is 8.93. The average molecular weight is 397 g/mol. The maximum absolute atomic E-state index is 13.2. The van der Waals surface area contributed by atoms with E-state index in [1.165, 1.54) is 14.2 Å². The van der Waals surface area contributed by atoms with Crippen molar-refractivity contribution >= 4 is 17.6 Å². The molecule has 0 unspecified atom stereocenters. The van der Waals surface area contributed by atoms with Gasteiger partial charge < -0.3 is 30.2 Å². The molecule has 1 aliphatic rings. The molecule has 0 fully saturated rings. The molecule has 1 heterocycles. The smallest absolute Gasteiger partial charge is 0.319 e. The van der Waals surface area contributed by atoms with E-state index in [9.17, 15) is 9.59 Å². The van der Waals surface area contributed by atoms with Crippen LogP contribution < -0.4 is 30.2 Å². The maximum Gasteiger partial charge on any atom is 0.319 e. The Morgan fingerprint density at radius 2 is 1.72 bits per heavy atom. The quantitative estimate of drug-likeness (QED) is 0.696. The first kappa shape index (κ1) is 20.1. The van der Waals surface area contributed by atoms with E-state index in [1.807, 2.05) is 6.07 Å². The van der Waals surface area contributed by atoms with Crippen molar-refractivity contribution in [3.8, 4) is 17.2 Å². The Hall–Kier alpha value is -3.68. The van der Waals surface area contributed by atoms with Crippen molar-refractivity contribution < 1.29 is 23.8 Å². The summed E-state index contributed by atoms with van der Waals surface area (Å²) in [5.41, 5.74) is 1.97. The van der Waals surface area contributed by atoms with Crippen LogP contribution in [0.5, 0.6) is 17.2 Å². The average Bonchev–Trinajstić information content (AvgIpc) is 2.72. The molecule has 0 saturated carbocycles. The van der Waals surface area contributed by atoms with Gasteiger partial charge in [-0.1, -0.05) is 12.1 Å². The van der Waals surface area contributed by atoms with E-state index in [4.69, 9.17) is 14.2 Å². The predicted molar refractivity (Wildman–Crippen MR) is 108 cm³/mol. The van der Waals surface area contributed by atoms with Gasteiger partial charge in [-0.05, 0) is 31.2 Å². The number of para-hydroxylation sites is 2. The summed E-state index contributed by atoms with van der Waals surface area (Å²) in [6.45, 7) is 1.68. The highest BCUT2D eigenvalue weighted by atomic mass is 16.5. The Balaban J connectivity index is 2.01. The van der Waals surface area contributed by atoms with Crippen molar-refractivity contribution in [1.29, 1.82) is 0 Å². The lowest BCUT2D eigenvalue weighted by Crippen LogP contribution is -2.46. The number of methoxy groups -OCH3 is 3. The number of benzene rings is 2. The minimum absolute atomic E-state index is 0.360. The topological polar surface area (TPSA) is 97.9 Å². The lowest BCUT2D eigenvalue weighted by molar-refractivity contribution is -0.113. The van der Waals surface area contributed by atoms with E-state index < -0.39 is 12.1 Å². The van der Waals surface area contributed by atoms with E-state index in [1.54, 1.807) is 50.4 Å². The van der Waals surface area contributed by atoms with Crippen LogP contribution >= 0.6 is 0 Å². The second-order valence-corrected chi connectivity index (χ2v) is 6.33. The Bertz CT molecular complexity index is 971. The highest BCUT2D eigenvalue weighted by Gasteiger charge is 2.33. The molecule has 1 aliphatic heterocycles. The Morgan fingerprint density at radius 3 is 2.41 bits per heavy atom. The molecule has 0 bridgehead atoms. The second-order valence-electron chi connectivity index (χ2n) is 6.33. The molecular weight excluding hydrogens is 374 g/mol. The van der Waals surface area contributed by atoms with E-state index >= 15 is 0 Å². The summed E-state index contributed by atoms with van der Waals surface area (Å²) in [4.78, 5) is 25.3. The molecule has 3 rings (SSSR count). The van der Waals surface area contributed by atoms with Gasteiger partial charge in [0.2, 0.25) is 0 Å². The van der Waals surface area contributed by atoms with Gasteiger partial charge in [0.1, 0.15) is 17.2 Å². The summed E-state index contributed by atoms with van der Waals surface area (Å²) in [6.07, 6.45) is 0. The lowest BCUT2D eigenvalue weighted by atomic mass is 9.94. The summed E-state index contributed by atoms with van der Waals surface area (Å²) in [5.74, 6) is 1.26. The van der Waals surface area contributed by atoms with Gasteiger partial charge in [0.25, 0.3) is 5.91 Å². The fraction of sp³-hybridized carbons (Fsp3) is 0.238. The number of anilines is 1. The number of carbonyl (C=O) groups excluding carboxylic acids is 2. The number of hydrogen-bond donors (Lipinski definition) is 3. The highest BCUT2D eigenvalue weighted by Crippen LogP contribution is 2.36. The fourth-order valence-corrected chi connectivity index (χ4v) is 3.22. The zero-order chi connectivity index (χ0) is 21.0. The van der Waals surface area contributed by atoms with Crippen LogP contribution in [0.4, 0.5) is 10.5 Å². The molecule has 3 N–H and O–H groups in total. The van der Waals surface area contributed by atoms with Crippen molar-refractivity contribution in [3.63, 3.8) is 0 Å².